The van der Waals surface area contributed by atoms with Gasteiger partial charge in [0.15, 0.2) is 0 Å². The van der Waals surface area contributed by atoms with Crippen molar-refractivity contribution in [1.29, 1.82) is 0 Å². The van der Waals surface area contributed by atoms with Crippen LogP contribution in [0.5, 0.6) is 5.75 Å². The van der Waals surface area contributed by atoms with Gasteiger partial charge < -0.3 is 14.4 Å². The number of aromatic nitrogens is 2. The number of nitrogens with zero attached hydrogens (tertiary/aromatic N) is 2. The lowest BCUT2D eigenvalue weighted by Gasteiger charge is -2.07. The SMILES string of the molecule is COc1ccc(Cn2ccnc2)cc1C#CCO. The van der Waals surface area contributed by atoms with Gasteiger partial charge in [-0.25, -0.2) is 4.98 Å². The molecule has 1 heterocycles. The van der Waals surface area contributed by atoms with Crippen LogP contribution in [0, 0.1) is 11.8 Å². The molecule has 0 aliphatic rings. The molecule has 4 heteroatoms. The zero-order valence-corrected chi connectivity index (χ0v) is 10.1. The normalized spacial score (nSPS) is 9.67. The number of benzene rings is 1. The second-order valence-electron chi connectivity index (χ2n) is 3.73. The first-order valence-corrected chi connectivity index (χ1v) is 5.56. The summed E-state index contributed by atoms with van der Waals surface area (Å²) >= 11 is 0. The third-order valence-corrected chi connectivity index (χ3v) is 2.49. The minimum absolute atomic E-state index is 0.158. The van der Waals surface area contributed by atoms with Crippen molar-refractivity contribution in [2.24, 2.45) is 0 Å². The fourth-order valence-corrected chi connectivity index (χ4v) is 1.68. The Kier molecular flexibility index (Phi) is 4.00. The maximum Gasteiger partial charge on any atom is 0.134 e. The molecule has 1 aromatic carbocycles. The second-order valence-corrected chi connectivity index (χ2v) is 3.73. The van der Waals surface area contributed by atoms with Crippen molar-refractivity contribution in [2.75, 3.05) is 13.7 Å². The van der Waals surface area contributed by atoms with E-state index in [1.54, 1.807) is 19.6 Å². The molecule has 2 aromatic rings. The van der Waals surface area contributed by atoms with Gasteiger partial charge in [-0.05, 0) is 17.7 Å². The predicted octanol–water partition coefficient (Wildman–Crippen LogP) is 1.28. The Hall–Kier alpha value is -2.25. The molecular formula is C14H14N2O2. The van der Waals surface area contributed by atoms with Crippen molar-refractivity contribution in [1.82, 2.24) is 9.55 Å². The minimum atomic E-state index is -0.158. The predicted molar refractivity (Wildman–Crippen MR) is 68.3 cm³/mol. The van der Waals surface area contributed by atoms with E-state index in [4.69, 9.17) is 9.84 Å². The molecule has 0 saturated heterocycles. The van der Waals surface area contributed by atoms with Crippen molar-refractivity contribution in [3.63, 3.8) is 0 Å². The fraction of sp³-hybridized carbons (Fsp3) is 0.214. The van der Waals surface area contributed by atoms with Crippen LogP contribution in [0.15, 0.2) is 36.9 Å². The Morgan fingerprint density at radius 1 is 1.44 bits per heavy atom. The van der Waals surface area contributed by atoms with Gasteiger partial charge >= 0.3 is 0 Å². The highest BCUT2D eigenvalue weighted by Gasteiger charge is 2.02. The van der Waals surface area contributed by atoms with Gasteiger partial charge in [-0.15, -0.1) is 0 Å². The number of hydrogen-bond acceptors (Lipinski definition) is 3. The summed E-state index contributed by atoms with van der Waals surface area (Å²) in [6.07, 6.45) is 5.42. The van der Waals surface area contributed by atoms with E-state index < -0.39 is 0 Å². The average Bonchev–Trinajstić information content (AvgIpc) is 2.89. The van der Waals surface area contributed by atoms with Gasteiger partial charge in [0.1, 0.15) is 12.4 Å². The molecule has 0 bridgehead atoms. The van der Waals surface area contributed by atoms with Gasteiger partial charge in [0.2, 0.25) is 0 Å². The Morgan fingerprint density at radius 3 is 3.00 bits per heavy atom. The maximum absolute atomic E-state index is 8.74. The van der Waals surface area contributed by atoms with Crippen LogP contribution < -0.4 is 4.74 Å². The molecule has 0 fully saturated rings. The Morgan fingerprint density at radius 2 is 2.33 bits per heavy atom. The molecule has 2 rings (SSSR count). The van der Waals surface area contributed by atoms with E-state index in [2.05, 4.69) is 16.8 Å². The zero-order valence-electron chi connectivity index (χ0n) is 10.1. The maximum atomic E-state index is 8.74. The van der Waals surface area contributed by atoms with Crippen LogP contribution >= 0.6 is 0 Å². The zero-order chi connectivity index (χ0) is 12.8. The number of aliphatic hydroxyl groups is 1. The smallest absolute Gasteiger partial charge is 0.134 e. The van der Waals surface area contributed by atoms with Gasteiger partial charge in [0, 0.05) is 18.9 Å². The van der Waals surface area contributed by atoms with Gasteiger partial charge in [0.05, 0.1) is 19.0 Å². The Bertz CT molecular complexity index is 565. The molecule has 0 aliphatic carbocycles. The standard InChI is InChI=1S/C14H14N2O2/c1-18-14-5-4-12(9-13(14)3-2-8-17)10-16-7-6-15-11-16/h4-7,9,11,17H,8,10H2,1H3. The average molecular weight is 242 g/mol. The van der Waals surface area contributed by atoms with Crippen LogP contribution in [0.3, 0.4) is 0 Å². The summed E-state index contributed by atoms with van der Waals surface area (Å²) in [6.45, 7) is 0.576. The molecular weight excluding hydrogens is 228 g/mol. The minimum Gasteiger partial charge on any atom is -0.495 e. The molecule has 92 valence electrons. The van der Waals surface area contributed by atoms with Crippen molar-refractivity contribution in [3.8, 4) is 17.6 Å². The van der Waals surface area contributed by atoms with E-state index in [0.717, 1.165) is 17.7 Å². The van der Waals surface area contributed by atoms with Crippen LogP contribution in [-0.2, 0) is 6.54 Å². The molecule has 0 saturated carbocycles. The van der Waals surface area contributed by atoms with E-state index in [1.165, 1.54) is 0 Å². The van der Waals surface area contributed by atoms with Crippen LogP contribution in [0.1, 0.15) is 11.1 Å². The van der Waals surface area contributed by atoms with Crippen molar-refractivity contribution in [2.45, 2.75) is 6.54 Å². The summed E-state index contributed by atoms with van der Waals surface area (Å²) in [4.78, 5) is 4.00. The highest BCUT2D eigenvalue weighted by atomic mass is 16.5. The van der Waals surface area contributed by atoms with Gasteiger partial charge in [0.25, 0.3) is 0 Å². The van der Waals surface area contributed by atoms with E-state index in [-0.39, 0.29) is 6.61 Å². The molecule has 0 spiro atoms. The van der Waals surface area contributed by atoms with Crippen LogP contribution in [0.4, 0.5) is 0 Å². The number of methoxy groups -OCH3 is 1. The molecule has 1 N–H and O–H groups in total. The third-order valence-electron chi connectivity index (χ3n) is 2.49. The molecule has 0 unspecified atom stereocenters. The first kappa shape index (κ1) is 12.2. The summed E-state index contributed by atoms with van der Waals surface area (Å²) in [5.41, 5.74) is 1.89. The Balaban J connectivity index is 2.27. The highest BCUT2D eigenvalue weighted by molar-refractivity contribution is 5.48. The van der Waals surface area contributed by atoms with Crippen molar-refractivity contribution in [3.05, 3.63) is 48.0 Å². The molecule has 0 atom stereocenters. The third kappa shape index (κ3) is 2.90. The molecule has 4 nitrogen and oxygen atoms in total. The van der Waals surface area contributed by atoms with Crippen LogP contribution in [0.25, 0.3) is 0 Å². The molecule has 0 amide bonds. The summed E-state index contributed by atoms with van der Waals surface area (Å²) in [5.74, 6) is 6.23. The number of ether oxygens (including phenoxy) is 1. The van der Waals surface area contributed by atoms with Crippen LogP contribution in [0.2, 0.25) is 0 Å². The molecule has 1 aromatic heterocycles. The van der Waals surface area contributed by atoms with E-state index in [9.17, 15) is 0 Å². The van der Waals surface area contributed by atoms with Crippen LogP contribution in [-0.4, -0.2) is 28.4 Å². The molecule has 0 aliphatic heterocycles. The monoisotopic (exact) mass is 242 g/mol. The number of rotatable bonds is 3. The summed E-state index contributed by atoms with van der Waals surface area (Å²) in [6, 6.07) is 5.83. The lowest BCUT2D eigenvalue weighted by atomic mass is 10.1. The van der Waals surface area contributed by atoms with E-state index in [1.807, 2.05) is 29.0 Å². The molecule has 0 radical (unpaired) electrons. The summed E-state index contributed by atoms with van der Waals surface area (Å²) < 4.78 is 7.21. The highest BCUT2D eigenvalue weighted by Crippen LogP contribution is 2.19. The Labute approximate surface area is 106 Å². The first-order chi connectivity index (χ1) is 8.83. The van der Waals surface area contributed by atoms with Crippen molar-refractivity contribution >= 4 is 0 Å². The summed E-state index contributed by atoms with van der Waals surface area (Å²) in [5, 5.41) is 8.74. The van der Waals surface area contributed by atoms with E-state index >= 15 is 0 Å². The van der Waals surface area contributed by atoms with E-state index in [0.29, 0.717) is 5.75 Å². The topological polar surface area (TPSA) is 47.3 Å². The molecule has 18 heavy (non-hydrogen) atoms. The van der Waals surface area contributed by atoms with Gasteiger partial charge in [-0.3, -0.25) is 0 Å². The quantitative estimate of drug-likeness (QED) is 0.825. The summed E-state index contributed by atoms with van der Waals surface area (Å²) in [7, 11) is 1.61. The lowest BCUT2D eigenvalue weighted by molar-refractivity contribution is 0.350. The lowest BCUT2D eigenvalue weighted by Crippen LogP contribution is -1.98. The number of hydrogen-bond donors (Lipinski definition) is 1. The number of aliphatic hydroxyl groups excluding tert-OH is 1. The fourth-order valence-electron chi connectivity index (χ4n) is 1.68. The largest absolute Gasteiger partial charge is 0.495 e. The number of imidazole rings is 1. The van der Waals surface area contributed by atoms with Crippen molar-refractivity contribution < 1.29 is 9.84 Å². The van der Waals surface area contributed by atoms with Gasteiger partial charge in [-0.2, -0.15) is 0 Å². The second kappa shape index (κ2) is 5.89. The van der Waals surface area contributed by atoms with Gasteiger partial charge in [-0.1, -0.05) is 17.9 Å². The first-order valence-electron chi connectivity index (χ1n) is 5.56.